The third-order valence-electron chi connectivity index (χ3n) is 5.17. The minimum absolute atomic E-state index is 0.217. The molecule has 31 heavy (non-hydrogen) atoms. The number of aromatic nitrogens is 2. The molecule has 4 rings (SSSR count). The molecule has 0 N–H and O–H groups in total. The summed E-state index contributed by atoms with van der Waals surface area (Å²) in [6, 6.07) is 13.2. The van der Waals surface area contributed by atoms with Crippen LogP contribution in [0.15, 0.2) is 61.2 Å². The normalized spacial score (nSPS) is 20.7. The van der Waals surface area contributed by atoms with Crippen LogP contribution in [-0.4, -0.2) is 41.8 Å². The van der Waals surface area contributed by atoms with E-state index in [1.54, 1.807) is 37.8 Å². The fraction of sp³-hybridized carbons (Fsp3) is 0.348. The Hall–Kier alpha value is -2.25. The van der Waals surface area contributed by atoms with Gasteiger partial charge in [0.2, 0.25) is 0 Å². The number of benzene rings is 2. The molecule has 164 valence electrons. The smallest absolute Gasteiger partial charge is 0.187 e. The largest absolute Gasteiger partial charge is 0.497 e. The van der Waals surface area contributed by atoms with E-state index >= 15 is 0 Å². The van der Waals surface area contributed by atoms with Crippen LogP contribution in [0, 0.1) is 0 Å². The van der Waals surface area contributed by atoms with Gasteiger partial charge in [0.25, 0.3) is 0 Å². The van der Waals surface area contributed by atoms with Crippen molar-refractivity contribution in [3.8, 4) is 11.5 Å². The van der Waals surface area contributed by atoms with Crippen LogP contribution >= 0.6 is 23.2 Å². The van der Waals surface area contributed by atoms with Crippen LogP contribution in [0.3, 0.4) is 0 Å². The molecule has 3 aromatic rings. The van der Waals surface area contributed by atoms with E-state index in [4.69, 9.17) is 42.1 Å². The van der Waals surface area contributed by atoms with E-state index < -0.39 is 5.79 Å². The summed E-state index contributed by atoms with van der Waals surface area (Å²) in [5.74, 6) is 0.640. The zero-order valence-electron chi connectivity index (χ0n) is 17.2. The molecule has 2 unspecified atom stereocenters. The van der Waals surface area contributed by atoms with Crippen molar-refractivity contribution in [3.05, 3.63) is 76.8 Å². The van der Waals surface area contributed by atoms with E-state index in [1.807, 2.05) is 22.9 Å². The summed E-state index contributed by atoms with van der Waals surface area (Å²) >= 11 is 12.2. The molecule has 2 aromatic carbocycles. The second-order valence-corrected chi connectivity index (χ2v) is 8.27. The molecule has 1 fully saturated rings. The SMILES string of the molecule is COc1ccc(CCC2(Cn3ccnc3)OCC(COc3ccc(Cl)cc3Cl)O2)cc1. The predicted molar refractivity (Wildman–Crippen MR) is 119 cm³/mol. The standard InChI is InChI=1S/C23H24Cl2N2O4/c1-28-19-5-2-17(3-6-19)8-9-23(15-27-11-10-26-16-27)30-14-20(31-23)13-29-22-7-4-18(24)12-21(22)25/h2-7,10-12,16,20H,8-9,13-15H2,1H3. The van der Waals surface area contributed by atoms with Gasteiger partial charge in [-0.2, -0.15) is 0 Å². The summed E-state index contributed by atoms with van der Waals surface area (Å²) in [4.78, 5) is 4.13. The van der Waals surface area contributed by atoms with Gasteiger partial charge in [-0.1, -0.05) is 35.3 Å². The highest BCUT2D eigenvalue weighted by molar-refractivity contribution is 6.35. The Labute approximate surface area is 191 Å². The van der Waals surface area contributed by atoms with Gasteiger partial charge in [-0.05, 0) is 42.3 Å². The second-order valence-electron chi connectivity index (χ2n) is 7.43. The van der Waals surface area contributed by atoms with Crippen LogP contribution in [0.1, 0.15) is 12.0 Å². The van der Waals surface area contributed by atoms with E-state index in [-0.39, 0.29) is 6.10 Å². The van der Waals surface area contributed by atoms with Crippen LogP contribution in [0.5, 0.6) is 11.5 Å². The van der Waals surface area contributed by atoms with Crippen molar-refractivity contribution >= 4 is 23.2 Å². The van der Waals surface area contributed by atoms with Gasteiger partial charge < -0.3 is 23.5 Å². The Kier molecular flexibility index (Phi) is 7.02. The molecule has 0 saturated carbocycles. The van der Waals surface area contributed by atoms with Gasteiger partial charge >= 0.3 is 0 Å². The number of methoxy groups -OCH3 is 1. The molecule has 0 spiro atoms. The Morgan fingerprint density at radius 3 is 2.74 bits per heavy atom. The van der Waals surface area contributed by atoms with E-state index in [1.165, 1.54) is 5.56 Å². The van der Waals surface area contributed by atoms with E-state index in [0.717, 1.165) is 12.2 Å². The molecule has 1 aromatic heterocycles. The Morgan fingerprint density at radius 2 is 2.03 bits per heavy atom. The van der Waals surface area contributed by atoms with Crippen LogP contribution < -0.4 is 9.47 Å². The van der Waals surface area contributed by atoms with Crippen molar-refractivity contribution in [2.75, 3.05) is 20.3 Å². The minimum atomic E-state index is -0.765. The van der Waals surface area contributed by atoms with Crippen molar-refractivity contribution in [2.45, 2.75) is 31.3 Å². The summed E-state index contributed by atoms with van der Waals surface area (Å²) in [6.07, 6.45) is 6.68. The molecule has 2 atom stereocenters. The van der Waals surface area contributed by atoms with Gasteiger partial charge in [-0.25, -0.2) is 4.98 Å². The molecule has 1 saturated heterocycles. The number of aryl methyl sites for hydroxylation is 1. The fourth-order valence-electron chi connectivity index (χ4n) is 3.55. The van der Waals surface area contributed by atoms with Crippen LogP contribution in [0.2, 0.25) is 10.0 Å². The molecular formula is C23H24Cl2N2O4. The maximum absolute atomic E-state index is 6.38. The number of imidazole rings is 1. The lowest BCUT2D eigenvalue weighted by atomic mass is 10.0. The first-order chi connectivity index (χ1) is 15.0. The first kappa shape index (κ1) is 22.0. The maximum atomic E-state index is 6.38. The van der Waals surface area contributed by atoms with Gasteiger partial charge in [0, 0.05) is 23.8 Å². The molecule has 1 aliphatic rings. The van der Waals surface area contributed by atoms with Crippen molar-refractivity contribution < 1.29 is 18.9 Å². The van der Waals surface area contributed by atoms with Crippen LogP contribution in [0.4, 0.5) is 0 Å². The maximum Gasteiger partial charge on any atom is 0.187 e. The Bertz CT molecular complexity index is 982. The van der Waals surface area contributed by atoms with Gasteiger partial charge in [0.05, 0.1) is 31.6 Å². The molecule has 2 heterocycles. The zero-order chi connectivity index (χ0) is 21.7. The van der Waals surface area contributed by atoms with Crippen molar-refractivity contribution in [1.29, 1.82) is 0 Å². The zero-order valence-corrected chi connectivity index (χ0v) is 18.7. The van der Waals surface area contributed by atoms with Crippen LogP contribution in [0.25, 0.3) is 0 Å². The number of hydrogen-bond donors (Lipinski definition) is 0. The average molecular weight is 463 g/mol. The average Bonchev–Trinajstić information content (AvgIpc) is 3.43. The summed E-state index contributed by atoms with van der Waals surface area (Å²) in [5, 5.41) is 1.03. The third-order valence-corrected chi connectivity index (χ3v) is 5.70. The van der Waals surface area contributed by atoms with Crippen molar-refractivity contribution in [1.82, 2.24) is 9.55 Å². The molecule has 1 aliphatic heterocycles. The third kappa shape index (κ3) is 5.71. The quantitative estimate of drug-likeness (QED) is 0.446. The molecule has 0 radical (unpaired) electrons. The molecular weight excluding hydrogens is 439 g/mol. The Morgan fingerprint density at radius 1 is 1.19 bits per heavy atom. The second kappa shape index (κ2) is 9.92. The lowest BCUT2D eigenvalue weighted by Gasteiger charge is -2.28. The molecule has 0 amide bonds. The number of ether oxygens (including phenoxy) is 4. The van der Waals surface area contributed by atoms with E-state index in [9.17, 15) is 0 Å². The molecule has 0 bridgehead atoms. The summed E-state index contributed by atoms with van der Waals surface area (Å²) in [7, 11) is 1.66. The highest BCUT2D eigenvalue weighted by atomic mass is 35.5. The minimum Gasteiger partial charge on any atom is -0.497 e. The number of rotatable bonds is 9. The van der Waals surface area contributed by atoms with E-state index in [0.29, 0.717) is 42.0 Å². The lowest BCUT2D eigenvalue weighted by Crippen LogP contribution is -2.37. The number of nitrogens with zero attached hydrogens (tertiary/aromatic N) is 2. The highest BCUT2D eigenvalue weighted by Gasteiger charge is 2.42. The fourth-order valence-corrected chi connectivity index (χ4v) is 4.02. The van der Waals surface area contributed by atoms with Gasteiger partial charge in [-0.3, -0.25) is 0 Å². The molecule has 6 nitrogen and oxygen atoms in total. The number of halogens is 2. The summed E-state index contributed by atoms with van der Waals surface area (Å²) < 4.78 is 25.7. The number of hydrogen-bond acceptors (Lipinski definition) is 5. The highest BCUT2D eigenvalue weighted by Crippen LogP contribution is 2.33. The van der Waals surface area contributed by atoms with Crippen molar-refractivity contribution in [2.24, 2.45) is 0 Å². The topological polar surface area (TPSA) is 54.7 Å². The predicted octanol–water partition coefficient (Wildman–Crippen LogP) is 5.02. The van der Waals surface area contributed by atoms with Crippen LogP contribution in [-0.2, 0) is 22.4 Å². The molecule has 8 heteroatoms. The van der Waals surface area contributed by atoms with E-state index in [2.05, 4.69) is 17.1 Å². The monoisotopic (exact) mass is 462 g/mol. The van der Waals surface area contributed by atoms with Crippen molar-refractivity contribution in [3.63, 3.8) is 0 Å². The van der Waals surface area contributed by atoms with Gasteiger partial charge in [-0.15, -0.1) is 0 Å². The summed E-state index contributed by atoms with van der Waals surface area (Å²) in [5.41, 5.74) is 1.19. The molecule has 0 aliphatic carbocycles. The first-order valence-electron chi connectivity index (χ1n) is 10.0. The van der Waals surface area contributed by atoms with Gasteiger partial charge in [0.15, 0.2) is 5.79 Å². The summed E-state index contributed by atoms with van der Waals surface area (Å²) in [6.45, 7) is 1.31. The lowest BCUT2D eigenvalue weighted by molar-refractivity contribution is -0.184. The van der Waals surface area contributed by atoms with Gasteiger partial charge in [0.1, 0.15) is 24.2 Å². The first-order valence-corrected chi connectivity index (χ1v) is 10.8. The Balaban J connectivity index is 1.41.